The molecule has 0 fully saturated rings. The molecule has 0 radical (unpaired) electrons. The van der Waals surface area contributed by atoms with Gasteiger partial charge in [-0.2, -0.15) is 0 Å². The highest BCUT2D eigenvalue weighted by Gasteiger charge is 2.13. The topological polar surface area (TPSA) is 43.8 Å². The van der Waals surface area contributed by atoms with E-state index in [1.807, 2.05) is 18.2 Å². The molecule has 2 N–H and O–H groups in total. The molecule has 96 valence electrons. The van der Waals surface area contributed by atoms with Gasteiger partial charge in [-0.15, -0.1) is 0 Å². The van der Waals surface area contributed by atoms with Gasteiger partial charge in [0.25, 0.3) is 0 Å². The van der Waals surface area contributed by atoms with E-state index in [-0.39, 0.29) is 5.02 Å². The summed E-state index contributed by atoms with van der Waals surface area (Å²) in [6, 6.07) is 9.79. The van der Waals surface area contributed by atoms with E-state index in [1.54, 1.807) is 10.6 Å². The lowest BCUT2D eigenvalue weighted by Gasteiger charge is -2.08. The molecular formula is C13H8BrClFN3. The highest BCUT2D eigenvalue weighted by atomic mass is 79.9. The standard InChI is InChI=1S/C13H8BrClFN3/c14-7-1-3-10-12(5-7)19(13(17)18-10)11-4-2-8(16)6-9(11)15/h1-6H,(H2,17,18). The Kier molecular flexibility index (Phi) is 2.95. The third-order valence-electron chi connectivity index (χ3n) is 2.79. The zero-order valence-electron chi connectivity index (χ0n) is 9.57. The van der Waals surface area contributed by atoms with Crippen molar-refractivity contribution in [1.29, 1.82) is 0 Å². The van der Waals surface area contributed by atoms with E-state index >= 15 is 0 Å². The van der Waals surface area contributed by atoms with Gasteiger partial charge in [-0.1, -0.05) is 27.5 Å². The van der Waals surface area contributed by atoms with E-state index in [4.69, 9.17) is 17.3 Å². The second-order valence-electron chi connectivity index (χ2n) is 4.03. The number of hydrogen-bond donors (Lipinski definition) is 1. The summed E-state index contributed by atoms with van der Waals surface area (Å²) in [5.74, 6) is -0.0838. The fourth-order valence-electron chi connectivity index (χ4n) is 1.98. The first-order chi connectivity index (χ1) is 9.06. The molecule has 1 aromatic heterocycles. The Morgan fingerprint density at radius 1 is 1.21 bits per heavy atom. The summed E-state index contributed by atoms with van der Waals surface area (Å²) in [7, 11) is 0. The molecule has 0 aliphatic heterocycles. The maximum Gasteiger partial charge on any atom is 0.205 e. The third-order valence-corrected chi connectivity index (χ3v) is 3.59. The van der Waals surface area contributed by atoms with Gasteiger partial charge >= 0.3 is 0 Å². The summed E-state index contributed by atoms with van der Waals surface area (Å²) in [5, 5.41) is 0.283. The fourth-order valence-corrected chi connectivity index (χ4v) is 2.58. The van der Waals surface area contributed by atoms with Crippen LogP contribution in [0, 0.1) is 5.82 Å². The van der Waals surface area contributed by atoms with E-state index < -0.39 is 5.82 Å². The number of halogens is 3. The number of hydrogen-bond acceptors (Lipinski definition) is 2. The number of aromatic nitrogens is 2. The minimum Gasteiger partial charge on any atom is -0.369 e. The molecule has 0 saturated carbocycles. The second kappa shape index (κ2) is 4.51. The van der Waals surface area contributed by atoms with Gasteiger partial charge in [0, 0.05) is 4.47 Å². The van der Waals surface area contributed by atoms with E-state index in [0.717, 1.165) is 15.5 Å². The summed E-state index contributed by atoms with van der Waals surface area (Å²) in [6.07, 6.45) is 0. The number of nitrogens with two attached hydrogens (primary N) is 1. The molecule has 3 rings (SSSR count). The molecular weight excluding hydrogens is 333 g/mol. The van der Waals surface area contributed by atoms with Crippen molar-refractivity contribution in [2.75, 3.05) is 5.73 Å². The lowest BCUT2D eigenvalue weighted by molar-refractivity contribution is 0.627. The first kappa shape index (κ1) is 12.4. The lowest BCUT2D eigenvalue weighted by Crippen LogP contribution is -2.01. The van der Waals surface area contributed by atoms with Gasteiger partial charge in [0.1, 0.15) is 5.82 Å². The Balaban J connectivity index is 2.35. The molecule has 0 unspecified atom stereocenters. The number of rotatable bonds is 1. The molecule has 1 heterocycles. The average molecular weight is 341 g/mol. The normalized spacial score (nSPS) is 11.1. The van der Waals surface area contributed by atoms with Gasteiger partial charge in [-0.05, 0) is 36.4 Å². The van der Waals surface area contributed by atoms with E-state index in [2.05, 4.69) is 20.9 Å². The molecule has 6 heteroatoms. The fraction of sp³-hybridized carbons (Fsp3) is 0. The van der Waals surface area contributed by atoms with Crippen molar-refractivity contribution in [2.24, 2.45) is 0 Å². The maximum absolute atomic E-state index is 13.1. The summed E-state index contributed by atoms with van der Waals surface area (Å²) in [5.41, 5.74) is 8.08. The van der Waals surface area contributed by atoms with Crippen molar-refractivity contribution in [3.05, 3.63) is 51.7 Å². The average Bonchev–Trinajstić information content (AvgIpc) is 2.65. The minimum absolute atomic E-state index is 0.283. The SMILES string of the molecule is Nc1nc2ccc(Br)cc2n1-c1ccc(F)cc1Cl. The number of nitrogens with zero attached hydrogens (tertiary/aromatic N) is 2. The summed E-state index contributed by atoms with van der Waals surface area (Å²) in [6.45, 7) is 0. The quantitative estimate of drug-likeness (QED) is 0.723. The molecule has 0 aliphatic carbocycles. The van der Waals surface area contributed by atoms with Crippen molar-refractivity contribution in [3.8, 4) is 5.69 Å². The zero-order chi connectivity index (χ0) is 13.6. The molecule has 3 nitrogen and oxygen atoms in total. The number of anilines is 1. The largest absolute Gasteiger partial charge is 0.369 e. The van der Waals surface area contributed by atoms with Crippen LogP contribution in [0.15, 0.2) is 40.9 Å². The van der Waals surface area contributed by atoms with Gasteiger partial charge < -0.3 is 5.73 Å². The molecule has 0 amide bonds. The Morgan fingerprint density at radius 2 is 2.00 bits per heavy atom. The van der Waals surface area contributed by atoms with Gasteiger partial charge in [0.05, 0.1) is 21.7 Å². The van der Waals surface area contributed by atoms with Crippen molar-refractivity contribution in [3.63, 3.8) is 0 Å². The first-order valence-electron chi connectivity index (χ1n) is 5.45. The van der Waals surface area contributed by atoms with Crippen molar-refractivity contribution >= 4 is 44.5 Å². The highest BCUT2D eigenvalue weighted by molar-refractivity contribution is 9.10. The Hall–Kier alpha value is -1.59. The second-order valence-corrected chi connectivity index (χ2v) is 5.36. The minimum atomic E-state index is -0.391. The van der Waals surface area contributed by atoms with Gasteiger partial charge in [-0.25, -0.2) is 9.37 Å². The van der Waals surface area contributed by atoms with Gasteiger partial charge in [0.2, 0.25) is 5.95 Å². The first-order valence-corrected chi connectivity index (χ1v) is 6.62. The molecule has 0 spiro atoms. The molecule has 0 bridgehead atoms. The molecule has 0 saturated heterocycles. The predicted octanol–water partition coefficient (Wildman–Crippen LogP) is 4.16. The van der Waals surface area contributed by atoms with Crippen LogP contribution in [0.2, 0.25) is 5.02 Å². The highest BCUT2D eigenvalue weighted by Crippen LogP contribution is 2.29. The number of fused-ring (bicyclic) bond motifs is 1. The van der Waals surface area contributed by atoms with Crippen LogP contribution in [-0.4, -0.2) is 9.55 Å². The third kappa shape index (κ3) is 2.09. The number of nitrogen functional groups attached to an aromatic ring is 1. The zero-order valence-corrected chi connectivity index (χ0v) is 11.9. The Bertz CT molecular complexity index is 785. The van der Waals surface area contributed by atoms with Crippen molar-refractivity contribution < 1.29 is 4.39 Å². The summed E-state index contributed by atoms with van der Waals surface area (Å²) in [4.78, 5) is 4.26. The molecule has 3 aromatic rings. The maximum atomic E-state index is 13.1. The van der Waals surface area contributed by atoms with E-state index in [9.17, 15) is 4.39 Å². The monoisotopic (exact) mass is 339 g/mol. The predicted molar refractivity (Wildman–Crippen MR) is 78.2 cm³/mol. The molecule has 0 aliphatic rings. The van der Waals surface area contributed by atoms with Crippen LogP contribution < -0.4 is 5.73 Å². The lowest BCUT2D eigenvalue weighted by atomic mass is 10.2. The van der Waals surface area contributed by atoms with E-state index in [0.29, 0.717) is 11.6 Å². The smallest absolute Gasteiger partial charge is 0.205 e. The van der Waals surface area contributed by atoms with Gasteiger partial charge in [0.15, 0.2) is 0 Å². The van der Waals surface area contributed by atoms with Gasteiger partial charge in [-0.3, -0.25) is 4.57 Å². The van der Waals surface area contributed by atoms with Crippen molar-refractivity contribution in [1.82, 2.24) is 9.55 Å². The molecule has 0 atom stereocenters. The van der Waals surface area contributed by atoms with Crippen LogP contribution in [-0.2, 0) is 0 Å². The Morgan fingerprint density at radius 3 is 2.74 bits per heavy atom. The molecule has 19 heavy (non-hydrogen) atoms. The van der Waals surface area contributed by atoms with Crippen LogP contribution in [0.25, 0.3) is 16.7 Å². The van der Waals surface area contributed by atoms with Crippen LogP contribution in [0.1, 0.15) is 0 Å². The van der Waals surface area contributed by atoms with Crippen LogP contribution in [0.4, 0.5) is 10.3 Å². The number of imidazole rings is 1. The molecule has 2 aromatic carbocycles. The van der Waals surface area contributed by atoms with Crippen LogP contribution in [0.5, 0.6) is 0 Å². The Labute approximate surface area is 121 Å². The summed E-state index contributed by atoms with van der Waals surface area (Å²) >= 11 is 9.48. The van der Waals surface area contributed by atoms with Crippen LogP contribution in [0.3, 0.4) is 0 Å². The number of benzene rings is 2. The van der Waals surface area contributed by atoms with E-state index in [1.165, 1.54) is 12.1 Å². The van der Waals surface area contributed by atoms with Crippen molar-refractivity contribution in [2.45, 2.75) is 0 Å². The van der Waals surface area contributed by atoms with Crippen LogP contribution >= 0.6 is 27.5 Å². The summed E-state index contributed by atoms with van der Waals surface area (Å²) < 4.78 is 15.7.